The van der Waals surface area contributed by atoms with E-state index in [-0.39, 0.29) is 0 Å². The van der Waals surface area contributed by atoms with Crippen molar-refractivity contribution >= 4 is 0 Å². The average Bonchev–Trinajstić information content (AvgIpc) is 2.83. The van der Waals surface area contributed by atoms with E-state index in [9.17, 15) is 0 Å². The second kappa shape index (κ2) is 31.3. The smallest absolute Gasteiger partial charge is 0.111 e. The highest BCUT2D eigenvalue weighted by Gasteiger charge is 1.96. The van der Waals surface area contributed by atoms with Gasteiger partial charge in [-0.3, -0.25) is 0 Å². The highest BCUT2D eigenvalue weighted by Crippen LogP contribution is 2.12. The number of hydrogen-bond donors (Lipinski definition) is 0. The Kier molecular flexibility index (Phi) is 30.7. The van der Waals surface area contributed by atoms with Gasteiger partial charge < -0.3 is 28.4 Å². The number of unbranched alkanes of at least 4 members (excludes halogenated alkanes) is 12. The monoisotopic (exact) mass is 474 g/mol. The lowest BCUT2D eigenvalue weighted by Gasteiger charge is -2.08. The fraction of sp³-hybridized carbons (Fsp3) is 0.926. The summed E-state index contributed by atoms with van der Waals surface area (Å²) in [5.41, 5.74) is 0. The third-order valence-corrected chi connectivity index (χ3v) is 5.34. The average molecular weight is 475 g/mol. The van der Waals surface area contributed by atoms with Crippen LogP contribution in [-0.4, -0.2) is 72.7 Å². The van der Waals surface area contributed by atoms with Crippen LogP contribution in [-0.2, 0) is 28.4 Å². The van der Waals surface area contributed by atoms with Crippen LogP contribution in [0, 0.1) is 0 Å². The number of ether oxygens (including phenoxy) is 6. The third kappa shape index (κ3) is 31.3. The van der Waals surface area contributed by atoms with Crippen molar-refractivity contribution < 1.29 is 28.4 Å². The second-order valence-corrected chi connectivity index (χ2v) is 8.34. The molecule has 0 aromatic rings. The van der Waals surface area contributed by atoms with E-state index in [4.69, 9.17) is 28.4 Å². The normalized spacial score (nSPS) is 11.2. The maximum Gasteiger partial charge on any atom is 0.111 e. The van der Waals surface area contributed by atoms with E-state index in [1.165, 1.54) is 83.3 Å². The van der Waals surface area contributed by atoms with Gasteiger partial charge in [-0.1, -0.05) is 90.6 Å². The van der Waals surface area contributed by atoms with Crippen LogP contribution in [0.25, 0.3) is 0 Å². The Morgan fingerprint density at radius 1 is 0.394 bits per heavy atom. The quantitative estimate of drug-likeness (QED) is 0.0897. The molecule has 0 aromatic carbocycles. The first-order valence-electron chi connectivity index (χ1n) is 13.5. The summed E-state index contributed by atoms with van der Waals surface area (Å²) in [5.74, 6) is 0. The van der Waals surface area contributed by atoms with Crippen molar-refractivity contribution in [3.63, 3.8) is 0 Å². The molecule has 0 bridgehead atoms. The molecule has 0 fully saturated rings. The maximum absolute atomic E-state index is 5.64. The fourth-order valence-electron chi connectivity index (χ4n) is 3.39. The van der Waals surface area contributed by atoms with Crippen LogP contribution in [0.15, 0.2) is 12.8 Å². The standard InChI is InChI=1S/C27H54O6/c1-3-5-6-7-8-9-10-11-12-13-14-15-16-17-29-20-21-31-24-25-33-27-26-32-23-22-30-19-18-28-4-2/h4H,2-3,5-27H2,1H3. The van der Waals surface area contributed by atoms with Gasteiger partial charge in [-0.2, -0.15) is 0 Å². The zero-order valence-corrected chi connectivity index (χ0v) is 21.7. The molecule has 0 heterocycles. The molecule has 0 spiro atoms. The summed E-state index contributed by atoms with van der Waals surface area (Å²) in [6.45, 7) is 12.4. The van der Waals surface area contributed by atoms with Gasteiger partial charge in [0.05, 0.1) is 65.7 Å². The summed E-state index contributed by atoms with van der Waals surface area (Å²) in [6, 6.07) is 0. The zero-order chi connectivity index (χ0) is 23.9. The summed E-state index contributed by atoms with van der Waals surface area (Å²) in [6.07, 6.45) is 19.3. The SMILES string of the molecule is C=COCCOCCOCCOCCOCCOCCCCCCCCCCCCCCC. The lowest BCUT2D eigenvalue weighted by Crippen LogP contribution is -2.13. The Morgan fingerprint density at radius 2 is 0.697 bits per heavy atom. The molecular formula is C27H54O6. The highest BCUT2D eigenvalue weighted by atomic mass is 16.6. The molecule has 0 aliphatic heterocycles. The molecule has 0 aromatic heterocycles. The molecule has 0 unspecified atom stereocenters. The van der Waals surface area contributed by atoms with Crippen LogP contribution in [0.3, 0.4) is 0 Å². The molecule has 0 saturated heterocycles. The maximum atomic E-state index is 5.64. The molecular weight excluding hydrogens is 420 g/mol. The van der Waals surface area contributed by atoms with Crippen molar-refractivity contribution in [2.45, 2.75) is 90.4 Å². The predicted octanol–water partition coefficient (Wildman–Crippen LogP) is 6.32. The topological polar surface area (TPSA) is 55.4 Å². The minimum atomic E-state index is 0.525. The van der Waals surface area contributed by atoms with Crippen molar-refractivity contribution in [1.82, 2.24) is 0 Å². The second-order valence-electron chi connectivity index (χ2n) is 8.34. The van der Waals surface area contributed by atoms with Gasteiger partial charge in [0.2, 0.25) is 0 Å². The van der Waals surface area contributed by atoms with E-state index in [0.29, 0.717) is 66.1 Å². The molecule has 0 amide bonds. The summed E-state index contributed by atoms with van der Waals surface area (Å²) in [4.78, 5) is 0. The van der Waals surface area contributed by atoms with E-state index in [2.05, 4.69) is 13.5 Å². The lowest BCUT2D eigenvalue weighted by molar-refractivity contribution is -0.0138. The van der Waals surface area contributed by atoms with Crippen LogP contribution in [0.4, 0.5) is 0 Å². The number of rotatable bonds is 30. The van der Waals surface area contributed by atoms with Gasteiger partial charge in [0.1, 0.15) is 6.61 Å². The third-order valence-electron chi connectivity index (χ3n) is 5.34. The fourth-order valence-corrected chi connectivity index (χ4v) is 3.39. The minimum Gasteiger partial charge on any atom is -0.499 e. The zero-order valence-electron chi connectivity index (χ0n) is 21.7. The molecule has 0 radical (unpaired) electrons. The van der Waals surface area contributed by atoms with Gasteiger partial charge in [0, 0.05) is 6.61 Å². The van der Waals surface area contributed by atoms with E-state index >= 15 is 0 Å². The molecule has 6 nitrogen and oxygen atoms in total. The van der Waals surface area contributed by atoms with Gasteiger partial charge in [-0.15, -0.1) is 0 Å². The van der Waals surface area contributed by atoms with Gasteiger partial charge in [-0.05, 0) is 6.42 Å². The summed E-state index contributed by atoms with van der Waals surface area (Å²) in [5, 5.41) is 0. The largest absolute Gasteiger partial charge is 0.499 e. The Balaban J connectivity index is 2.99. The first-order valence-corrected chi connectivity index (χ1v) is 13.5. The van der Waals surface area contributed by atoms with E-state index in [1.54, 1.807) is 0 Å². The molecule has 0 aliphatic carbocycles. The molecule has 33 heavy (non-hydrogen) atoms. The molecule has 198 valence electrons. The van der Waals surface area contributed by atoms with Crippen molar-refractivity contribution in [1.29, 1.82) is 0 Å². The van der Waals surface area contributed by atoms with E-state index in [1.807, 2.05) is 0 Å². The summed E-state index contributed by atoms with van der Waals surface area (Å²) < 4.78 is 32.3. The van der Waals surface area contributed by atoms with E-state index < -0.39 is 0 Å². The van der Waals surface area contributed by atoms with Gasteiger partial charge in [-0.25, -0.2) is 0 Å². The molecule has 0 atom stereocenters. The van der Waals surface area contributed by atoms with Crippen LogP contribution < -0.4 is 0 Å². The molecule has 6 heteroatoms. The predicted molar refractivity (Wildman–Crippen MR) is 136 cm³/mol. The molecule has 0 rings (SSSR count). The van der Waals surface area contributed by atoms with Crippen LogP contribution in [0.1, 0.15) is 90.4 Å². The Hall–Kier alpha value is -0.660. The molecule has 0 N–H and O–H groups in total. The van der Waals surface area contributed by atoms with E-state index in [0.717, 1.165) is 13.0 Å². The van der Waals surface area contributed by atoms with Gasteiger partial charge >= 0.3 is 0 Å². The summed E-state index contributed by atoms with van der Waals surface area (Å²) >= 11 is 0. The first kappa shape index (κ1) is 32.3. The van der Waals surface area contributed by atoms with Crippen molar-refractivity contribution in [2.24, 2.45) is 0 Å². The van der Waals surface area contributed by atoms with Crippen molar-refractivity contribution in [3.8, 4) is 0 Å². The minimum absolute atomic E-state index is 0.525. The lowest BCUT2D eigenvalue weighted by atomic mass is 10.0. The van der Waals surface area contributed by atoms with Gasteiger partial charge in [0.15, 0.2) is 0 Å². The van der Waals surface area contributed by atoms with Gasteiger partial charge in [0.25, 0.3) is 0 Å². The number of hydrogen-bond acceptors (Lipinski definition) is 6. The molecule has 0 aliphatic rings. The Bertz CT molecular complexity index is 354. The highest BCUT2D eigenvalue weighted by molar-refractivity contribution is 4.49. The Labute approximate surface area is 204 Å². The first-order chi connectivity index (χ1) is 16.4. The summed E-state index contributed by atoms with van der Waals surface area (Å²) in [7, 11) is 0. The van der Waals surface area contributed by atoms with Crippen LogP contribution in [0.2, 0.25) is 0 Å². The van der Waals surface area contributed by atoms with Crippen molar-refractivity contribution in [3.05, 3.63) is 12.8 Å². The Morgan fingerprint density at radius 3 is 1.06 bits per heavy atom. The van der Waals surface area contributed by atoms with Crippen LogP contribution in [0.5, 0.6) is 0 Å². The van der Waals surface area contributed by atoms with Crippen molar-refractivity contribution in [2.75, 3.05) is 72.7 Å². The van der Waals surface area contributed by atoms with Crippen LogP contribution >= 0.6 is 0 Å². The molecule has 0 saturated carbocycles.